The van der Waals surface area contributed by atoms with Gasteiger partial charge in [-0.3, -0.25) is 9.59 Å². The van der Waals surface area contributed by atoms with Gasteiger partial charge in [-0.25, -0.2) is 0 Å². The number of nitrogens with two attached hydrogens (primary N) is 1. The Kier molecular flexibility index (Phi) is 5.98. The lowest BCUT2D eigenvalue weighted by Crippen LogP contribution is -2.39. The molecule has 1 aliphatic rings. The maximum absolute atomic E-state index is 13.5. The minimum absolute atomic E-state index is 0.0258. The summed E-state index contributed by atoms with van der Waals surface area (Å²) in [5, 5.41) is 8.08. The van der Waals surface area contributed by atoms with Gasteiger partial charge in [-0.05, 0) is 42.5 Å². The van der Waals surface area contributed by atoms with Crippen molar-refractivity contribution in [1.29, 1.82) is 0 Å². The van der Waals surface area contributed by atoms with Gasteiger partial charge in [-0.1, -0.05) is 31.2 Å². The van der Waals surface area contributed by atoms with Crippen LogP contribution in [0, 0.1) is 6.92 Å². The standard InChI is InChI=1S/C25H27ClN4O2/c1-3-6-23(32)30-21-12-28-19(15(21)2)9-10-22(31)25(13-26)14-29-20-11-18(27)16-7-4-5-8-17(16)24(20)25/h4-5,7-12,28-29H,3,6,13-14,27H2,1-2H3,(H,30,32)/b10-9+. The van der Waals surface area contributed by atoms with Crippen molar-refractivity contribution in [3.63, 3.8) is 0 Å². The molecule has 0 spiro atoms. The summed E-state index contributed by atoms with van der Waals surface area (Å²) in [5.41, 5.74) is 10.1. The van der Waals surface area contributed by atoms with Crippen LogP contribution < -0.4 is 16.4 Å². The Hall–Kier alpha value is -3.25. The van der Waals surface area contributed by atoms with Gasteiger partial charge < -0.3 is 21.4 Å². The first kappa shape index (κ1) is 22.0. The highest BCUT2D eigenvalue weighted by Gasteiger charge is 2.45. The number of alkyl halides is 1. The predicted octanol–water partition coefficient (Wildman–Crippen LogP) is 4.98. The summed E-state index contributed by atoms with van der Waals surface area (Å²) < 4.78 is 0. The zero-order valence-corrected chi connectivity index (χ0v) is 19.0. The number of H-pyrrole nitrogens is 1. The first-order valence-electron chi connectivity index (χ1n) is 10.7. The van der Waals surface area contributed by atoms with Crippen molar-refractivity contribution in [2.24, 2.45) is 0 Å². The Balaban J connectivity index is 1.67. The van der Waals surface area contributed by atoms with Gasteiger partial charge in [0.15, 0.2) is 5.78 Å². The molecule has 0 saturated carbocycles. The number of nitrogens with one attached hydrogen (secondary N) is 3. The van der Waals surface area contributed by atoms with Crippen molar-refractivity contribution in [3.05, 3.63) is 59.4 Å². The van der Waals surface area contributed by atoms with Crippen LogP contribution in [0.1, 0.15) is 36.6 Å². The van der Waals surface area contributed by atoms with Crippen LogP contribution in [-0.4, -0.2) is 29.1 Å². The fourth-order valence-corrected chi connectivity index (χ4v) is 4.72. The van der Waals surface area contributed by atoms with Crippen molar-refractivity contribution in [2.75, 3.05) is 28.8 Å². The molecular weight excluding hydrogens is 424 g/mol. The second-order valence-electron chi connectivity index (χ2n) is 8.24. The van der Waals surface area contributed by atoms with E-state index in [1.165, 1.54) is 0 Å². The van der Waals surface area contributed by atoms with Crippen LogP contribution in [0.4, 0.5) is 17.1 Å². The zero-order chi connectivity index (χ0) is 22.9. The van der Waals surface area contributed by atoms with E-state index in [0.717, 1.165) is 45.4 Å². The van der Waals surface area contributed by atoms with Gasteiger partial charge in [-0.15, -0.1) is 11.6 Å². The summed E-state index contributed by atoms with van der Waals surface area (Å²) in [6.45, 7) is 4.27. The van der Waals surface area contributed by atoms with Gasteiger partial charge in [0.25, 0.3) is 0 Å². The smallest absolute Gasteiger partial charge is 0.224 e. The van der Waals surface area contributed by atoms with E-state index >= 15 is 0 Å². The number of ketones is 1. The molecule has 2 aromatic carbocycles. The Morgan fingerprint density at radius 1 is 1.28 bits per heavy atom. The quantitative estimate of drug-likeness (QED) is 0.231. The largest absolute Gasteiger partial charge is 0.398 e. The van der Waals surface area contributed by atoms with Crippen LogP contribution in [-0.2, 0) is 15.0 Å². The lowest BCUT2D eigenvalue weighted by Gasteiger charge is -2.25. The monoisotopic (exact) mass is 450 g/mol. The average molecular weight is 451 g/mol. The van der Waals surface area contributed by atoms with Crippen molar-refractivity contribution in [1.82, 2.24) is 4.98 Å². The first-order chi connectivity index (χ1) is 15.4. The lowest BCUT2D eigenvalue weighted by molar-refractivity contribution is -0.118. The Labute approximate surface area is 192 Å². The molecule has 0 radical (unpaired) electrons. The molecule has 3 aromatic rings. The molecule has 32 heavy (non-hydrogen) atoms. The molecule has 5 N–H and O–H groups in total. The number of halogens is 1. The molecule has 2 heterocycles. The van der Waals surface area contributed by atoms with Gasteiger partial charge >= 0.3 is 0 Å². The van der Waals surface area contributed by atoms with Gasteiger partial charge in [0, 0.05) is 53.1 Å². The maximum Gasteiger partial charge on any atom is 0.224 e. The number of carbonyl (C=O) groups excluding carboxylic acids is 2. The Morgan fingerprint density at radius 3 is 2.75 bits per heavy atom. The van der Waals surface area contributed by atoms with Crippen LogP contribution >= 0.6 is 11.6 Å². The SMILES string of the molecule is CCCC(=O)Nc1c[nH]c(/C=C/C(=O)C2(CCl)CNc3cc(N)c4ccccc4c32)c1C. The van der Waals surface area contributed by atoms with Crippen LogP contribution in [0.2, 0.25) is 0 Å². The predicted molar refractivity (Wildman–Crippen MR) is 132 cm³/mol. The molecular formula is C25H27ClN4O2. The third kappa shape index (κ3) is 3.65. The molecule has 1 aliphatic heterocycles. The number of rotatable bonds is 7. The lowest BCUT2D eigenvalue weighted by atomic mass is 9.77. The number of nitrogen functional groups attached to an aromatic ring is 1. The second-order valence-corrected chi connectivity index (χ2v) is 8.51. The van der Waals surface area contributed by atoms with Crippen molar-refractivity contribution in [2.45, 2.75) is 32.1 Å². The van der Waals surface area contributed by atoms with Crippen molar-refractivity contribution >= 4 is 57.2 Å². The third-order valence-corrected chi connectivity index (χ3v) is 6.62. The number of amides is 1. The normalized spacial score (nSPS) is 17.5. The number of hydrogen-bond donors (Lipinski definition) is 4. The van der Waals surface area contributed by atoms with E-state index in [0.29, 0.717) is 18.7 Å². The Morgan fingerprint density at radius 2 is 2.03 bits per heavy atom. The highest BCUT2D eigenvalue weighted by atomic mass is 35.5. The highest BCUT2D eigenvalue weighted by Crippen LogP contribution is 2.45. The molecule has 1 unspecified atom stereocenters. The Bertz CT molecular complexity index is 1230. The number of benzene rings is 2. The van der Waals surface area contributed by atoms with Gasteiger partial charge in [0.2, 0.25) is 5.91 Å². The molecule has 6 nitrogen and oxygen atoms in total. The molecule has 166 valence electrons. The summed E-state index contributed by atoms with van der Waals surface area (Å²) in [4.78, 5) is 28.6. The van der Waals surface area contributed by atoms with E-state index in [1.807, 2.05) is 44.2 Å². The average Bonchev–Trinajstić information content (AvgIpc) is 3.33. The highest BCUT2D eigenvalue weighted by molar-refractivity contribution is 6.23. The van der Waals surface area contributed by atoms with E-state index < -0.39 is 5.41 Å². The van der Waals surface area contributed by atoms with Crippen LogP contribution in [0.25, 0.3) is 16.8 Å². The molecule has 7 heteroatoms. The number of carbonyl (C=O) groups is 2. The topological polar surface area (TPSA) is 100 Å². The fraction of sp³-hybridized carbons (Fsp3) is 0.280. The van der Waals surface area contributed by atoms with E-state index in [-0.39, 0.29) is 17.6 Å². The maximum atomic E-state index is 13.5. The van der Waals surface area contributed by atoms with E-state index in [2.05, 4.69) is 15.6 Å². The zero-order valence-electron chi connectivity index (χ0n) is 18.2. The molecule has 1 amide bonds. The number of anilines is 3. The third-order valence-electron chi connectivity index (χ3n) is 6.17. The fourth-order valence-electron chi connectivity index (χ4n) is 4.36. The summed E-state index contributed by atoms with van der Waals surface area (Å²) in [5.74, 6) is 0.0351. The minimum Gasteiger partial charge on any atom is -0.398 e. The molecule has 4 rings (SSSR count). The molecule has 0 aliphatic carbocycles. The van der Waals surface area contributed by atoms with E-state index in [1.54, 1.807) is 18.3 Å². The van der Waals surface area contributed by atoms with E-state index in [9.17, 15) is 9.59 Å². The van der Waals surface area contributed by atoms with Gasteiger partial charge in [0.05, 0.1) is 11.1 Å². The summed E-state index contributed by atoms with van der Waals surface area (Å²) >= 11 is 6.45. The van der Waals surface area contributed by atoms with Gasteiger partial charge in [-0.2, -0.15) is 0 Å². The summed E-state index contributed by atoms with van der Waals surface area (Å²) in [7, 11) is 0. The number of aromatic nitrogens is 1. The summed E-state index contributed by atoms with van der Waals surface area (Å²) in [6, 6.07) is 9.69. The van der Waals surface area contributed by atoms with Gasteiger partial charge in [0.1, 0.15) is 0 Å². The number of aromatic amines is 1. The number of hydrogen-bond acceptors (Lipinski definition) is 4. The molecule has 0 fully saturated rings. The summed E-state index contributed by atoms with van der Waals surface area (Å²) in [6.07, 6.45) is 6.32. The molecule has 0 bridgehead atoms. The molecule has 1 atom stereocenters. The molecule has 1 aromatic heterocycles. The first-order valence-corrected chi connectivity index (χ1v) is 11.3. The van der Waals surface area contributed by atoms with Crippen molar-refractivity contribution < 1.29 is 9.59 Å². The second kappa shape index (κ2) is 8.71. The number of fused-ring (bicyclic) bond motifs is 3. The molecule has 0 saturated heterocycles. The minimum atomic E-state index is -0.890. The van der Waals surface area contributed by atoms with Crippen molar-refractivity contribution in [3.8, 4) is 0 Å². The number of allylic oxidation sites excluding steroid dienone is 1. The van der Waals surface area contributed by atoms with Crippen LogP contribution in [0.3, 0.4) is 0 Å². The van der Waals surface area contributed by atoms with Crippen LogP contribution in [0.15, 0.2) is 42.6 Å². The van der Waals surface area contributed by atoms with E-state index in [4.69, 9.17) is 17.3 Å². The van der Waals surface area contributed by atoms with Crippen LogP contribution in [0.5, 0.6) is 0 Å².